The lowest BCUT2D eigenvalue weighted by molar-refractivity contribution is 0.628. The molecule has 0 amide bonds. The Bertz CT molecular complexity index is 480. The van der Waals surface area contributed by atoms with Crippen LogP contribution in [-0.2, 0) is 0 Å². The van der Waals surface area contributed by atoms with Crippen LogP contribution < -0.4 is 5.73 Å². The molecular weight excluding hydrogens is 205 g/mol. The van der Waals surface area contributed by atoms with E-state index in [1.165, 1.54) is 12.1 Å². The molecule has 4 heteroatoms. The van der Waals surface area contributed by atoms with Crippen molar-refractivity contribution in [2.24, 2.45) is 5.73 Å². The summed E-state index contributed by atoms with van der Waals surface area (Å²) in [4.78, 5) is 8.25. The highest BCUT2D eigenvalue weighted by Crippen LogP contribution is 2.18. The molecule has 0 saturated carbocycles. The molecule has 1 aromatic heterocycles. The quantitative estimate of drug-likeness (QED) is 0.839. The maximum atomic E-state index is 13.0. The van der Waals surface area contributed by atoms with Crippen LogP contribution in [0.15, 0.2) is 36.7 Å². The number of hydrogen-bond donors (Lipinski definition) is 1. The molecule has 0 aliphatic heterocycles. The van der Waals surface area contributed by atoms with Crippen molar-refractivity contribution in [2.45, 2.75) is 13.0 Å². The van der Waals surface area contributed by atoms with Gasteiger partial charge >= 0.3 is 0 Å². The van der Waals surface area contributed by atoms with E-state index < -0.39 is 0 Å². The molecule has 16 heavy (non-hydrogen) atoms. The summed E-state index contributed by atoms with van der Waals surface area (Å²) < 4.78 is 13.0. The fourth-order valence-electron chi connectivity index (χ4n) is 1.39. The molecule has 1 unspecified atom stereocenters. The van der Waals surface area contributed by atoms with E-state index in [1.807, 2.05) is 13.0 Å². The average molecular weight is 217 g/mol. The first kappa shape index (κ1) is 10.7. The largest absolute Gasteiger partial charge is 0.322 e. The Balaban J connectivity index is 2.35. The van der Waals surface area contributed by atoms with Crippen molar-refractivity contribution < 1.29 is 4.39 Å². The van der Waals surface area contributed by atoms with E-state index in [-0.39, 0.29) is 11.9 Å². The van der Waals surface area contributed by atoms with Crippen molar-refractivity contribution in [3.8, 4) is 11.1 Å². The van der Waals surface area contributed by atoms with Gasteiger partial charge in [-0.15, -0.1) is 0 Å². The van der Waals surface area contributed by atoms with Crippen molar-refractivity contribution in [2.75, 3.05) is 0 Å². The van der Waals surface area contributed by atoms with Crippen LogP contribution in [0.1, 0.15) is 18.8 Å². The number of benzene rings is 1. The molecule has 0 aliphatic rings. The highest BCUT2D eigenvalue weighted by molar-refractivity contribution is 5.61. The molecule has 0 bridgehead atoms. The molecule has 0 fully saturated rings. The molecular formula is C12H12FN3. The first-order chi connectivity index (χ1) is 7.66. The van der Waals surface area contributed by atoms with Crippen molar-refractivity contribution in [1.82, 2.24) is 9.97 Å². The molecule has 2 aromatic rings. The predicted molar refractivity (Wildman–Crippen MR) is 60.0 cm³/mol. The van der Waals surface area contributed by atoms with Gasteiger partial charge < -0.3 is 5.73 Å². The fraction of sp³-hybridized carbons (Fsp3) is 0.167. The Morgan fingerprint density at radius 3 is 2.44 bits per heavy atom. The summed E-state index contributed by atoms with van der Waals surface area (Å²) in [5, 5.41) is 0. The number of hydrogen-bond acceptors (Lipinski definition) is 3. The topological polar surface area (TPSA) is 51.8 Å². The summed E-state index contributed by atoms with van der Waals surface area (Å²) in [6, 6.07) is 6.13. The van der Waals surface area contributed by atoms with Gasteiger partial charge in [0.2, 0.25) is 0 Å². The zero-order valence-electron chi connectivity index (χ0n) is 8.89. The van der Waals surface area contributed by atoms with Crippen molar-refractivity contribution >= 4 is 0 Å². The van der Waals surface area contributed by atoms with E-state index in [1.54, 1.807) is 18.5 Å². The summed E-state index contributed by atoms with van der Waals surface area (Å²) in [6.07, 6.45) is 3.31. The summed E-state index contributed by atoms with van der Waals surface area (Å²) >= 11 is 0. The van der Waals surface area contributed by atoms with E-state index >= 15 is 0 Å². The van der Waals surface area contributed by atoms with Gasteiger partial charge in [0, 0.05) is 18.0 Å². The predicted octanol–water partition coefficient (Wildman–Crippen LogP) is 2.30. The maximum absolute atomic E-state index is 13.0. The first-order valence-corrected chi connectivity index (χ1v) is 5.00. The molecule has 0 saturated heterocycles. The molecule has 3 nitrogen and oxygen atoms in total. The zero-order valence-corrected chi connectivity index (χ0v) is 8.89. The third-order valence-corrected chi connectivity index (χ3v) is 2.24. The van der Waals surface area contributed by atoms with Gasteiger partial charge in [0.1, 0.15) is 11.6 Å². The third kappa shape index (κ3) is 2.23. The lowest BCUT2D eigenvalue weighted by atomic mass is 10.1. The molecule has 82 valence electrons. The molecule has 0 spiro atoms. The fourth-order valence-corrected chi connectivity index (χ4v) is 1.39. The van der Waals surface area contributed by atoms with Crippen molar-refractivity contribution in [1.29, 1.82) is 0 Å². The Morgan fingerprint density at radius 2 is 1.88 bits per heavy atom. The van der Waals surface area contributed by atoms with Crippen LogP contribution in [0.3, 0.4) is 0 Å². The normalized spacial score (nSPS) is 12.4. The number of nitrogens with two attached hydrogens (primary N) is 1. The van der Waals surface area contributed by atoms with Crippen LogP contribution in [0.25, 0.3) is 11.1 Å². The van der Waals surface area contributed by atoms with E-state index in [4.69, 9.17) is 5.73 Å². The third-order valence-electron chi connectivity index (χ3n) is 2.24. The lowest BCUT2D eigenvalue weighted by Crippen LogP contribution is -2.09. The van der Waals surface area contributed by atoms with E-state index in [2.05, 4.69) is 9.97 Å². The molecule has 1 heterocycles. The molecule has 0 aliphatic carbocycles. The van der Waals surface area contributed by atoms with Gasteiger partial charge in [-0.05, 0) is 24.6 Å². The van der Waals surface area contributed by atoms with Crippen LogP contribution in [-0.4, -0.2) is 9.97 Å². The van der Waals surface area contributed by atoms with Crippen molar-refractivity contribution in [3.63, 3.8) is 0 Å². The number of aromatic nitrogens is 2. The second kappa shape index (κ2) is 4.37. The van der Waals surface area contributed by atoms with E-state index in [0.29, 0.717) is 5.82 Å². The van der Waals surface area contributed by atoms with Crippen LogP contribution in [0.2, 0.25) is 0 Å². The van der Waals surface area contributed by atoms with Crippen LogP contribution in [0.5, 0.6) is 0 Å². The van der Waals surface area contributed by atoms with Gasteiger partial charge in [0.15, 0.2) is 0 Å². The Kier molecular flexibility index (Phi) is 2.92. The maximum Gasteiger partial charge on any atom is 0.144 e. The highest BCUT2D eigenvalue weighted by atomic mass is 19.1. The van der Waals surface area contributed by atoms with Gasteiger partial charge in [-0.1, -0.05) is 12.1 Å². The molecule has 1 aromatic carbocycles. The first-order valence-electron chi connectivity index (χ1n) is 5.00. The minimum absolute atomic E-state index is 0.193. The molecule has 2 rings (SSSR count). The second-order valence-corrected chi connectivity index (χ2v) is 3.63. The van der Waals surface area contributed by atoms with Crippen LogP contribution in [0, 0.1) is 5.82 Å². The van der Waals surface area contributed by atoms with E-state index in [9.17, 15) is 4.39 Å². The number of halogens is 1. The SMILES string of the molecule is CC(N)c1ncc(-c2cccc(F)c2)cn1. The summed E-state index contributed by atoms with van der Waals surface area (Å²) in [5.74, 6) is 0.314. The van der Waals surface area contributed by atoms with Gasteiger partial charge in [-0.3, -0.25) is 0 Å². The summed E-state index contributed by atoms with van der Waals surface area (Å²) in [5.41, 5.74) is 7.18. The zero-order chi connectivity index (χ0) is 11.5. The lowest BCUT2D eigenvalue weighted by Gasteiger charge is -2.05. The number of nitrogens with zero attached hydrogens (tertiary/aromatic N) is 2. The summed E-state index contributed by atoms with van der Waals surface area (Å²) in [7, 11) is 0. The number of rotatable bonds is 2. The Labute approximate surface area is 93.2 Å². The monoisotopic (exact) mass is 217 g/mol. The van der Waals surface area contributed by atoms with Gasteiger partial charge in [0.05, 0.1) is 6.04 Å². The Morgan fingerprint density at radius 1 is 1.19 bits per heavy atom. The highest BCUT2D eigenvalue weighted by Gasteiger charge is 2.04. The standard InChI is InChI=1S/C12H12FN3/c1-8(14)12-15-6-10(7-16-12)9-3-2-4-11(13)5-9/h2-8H,14H2,1H3. The van der Waals surface area contributed by atoms with Crippen LogP contribution in [0.4, 0.5) is 4.39 Å². The summed E-state index contributed by atoms with van der Waals surface area (Å²) in [6.45, 7) is 1.82. The minimum Gasteiger partial charge on any atom is -0.322 e. The van der Waals surface area contributed by atoms with Crippen molar-refractivity contribution in [3.05, 3.63) is 48.3 Å². The smallest absolute Gasteiger partial charge is 0.144 e. The van der Waals surface area contributed by atoms with Gasteiger partial charge in [0.25, 0.3) is 0 Å². The molecule has 1 atom stereocenters. The van der Waals surface area contributed by atoms with E-state index in [0.717, 1.165) is 11.1 Å². The van der Waals surface area contributed by atoms with Gasteiger partial charge in [-0.25, -0.2) is 14.4 Å². The van der Waals surface area contributed by atoms with Crippen LogP contribution >= 0.6 is 0 Å². The minimum atomic E-state index is -0.270. The Hall–Kier alpha value is -1.81. The average Bonchev–Trinajstić information content (AvgIpc) is 2.29. The second-order valence-electron chi connectivity index (χ2n) is 3.63. The molecule has 0 radical (unpaired) electrons. The van der Waals surface area contributed by atoms with Gasteiger partial charge in [-0.2, -0.15) is 0 Å². The molecule has 2 N–H and O–H groups in total.